The SMILES string of the molecule is CCCCN(C(=O)C(N)CC)C(C)CC. The minimum Gasteiger partial charge on any atom is -0.339 e. The molecule has 0 aromatic carbocycles. The van der Waals surface area contributed by atoms with E-state index in [9.17, 15) is 4.79 Å². The van der Waals surface area contributed by atoms with Crippen LogP contribution < -0.4 is 5.73 Å². The molecule has 1 amide bonds. The molecule has 0 radical (unpaired) electrons. The summed E-state index contributed by atoms with van der Waals surface area (Å²) in [6.45, 7) is 9.14. The van der Waals surface area contributed by atoms with Gasteiger partial charge in [-0.2, -0.15) is 0 Å². The second-order valence-electron chi connectivity index (χ2n) is 4.16. The van der Waals surface area contributed by atoms with Gasteiger partial charge in [0.25, 0.3) is 0 Å². The van der Waals surface area contributed by atoms with Gasteiger partial charge in [-0.1, -0.05) is 27.2 Å². The maximum Gasteiger partial charge on any atom is 0.239 e. The maximum absolute atomic E-state index is 12.0. The standard InChI is InChI=1S/C12H26N2O/c1-5-8-9-14(10(4)6-2)12(15)11(13)7-3/h10-11H,5-9,13H2,1-4H3. The number of carbonyl (C=O) groups excluding carboxylic acids is 1. The largest absolute Gasteiger partial charge is 0.339 e. The van der Waals surface area contributed by atoms with E-state index in [0.717, 1.165) is 32.2 Å². The topological polar surface area (TPSA) is 46.3 Å². The fraction of sp³-hybridized carbons (Fsp3) is 0.917. The first-order valence-corrected chi connectivity index (χ1v) is 6.14. The van der Waals surface area contributed by atoms with Crippen LogP contribution in [-0.4, -0.2) is 29.4 Å². The molecular weight excluding hydrogens is 188 g/mol. The zero-order valence-corrected chi connectivity index (χ0v) is 10.6. The number of hydrogen-bond donors (Lipinski definition) is 1. The summed E-state index contributed by atoms with van der Waals surface area (Å²) in [5, 5.41) is 0. The minimum atomic E-state index is -0.323. The van der Waals surface area contributed by atoms with Gasteiger partial charge in [0.2, 0.25) is 5.91 Å². The molecular formula is C12H26N2O. The summed E-state index contributed by atoms with van der Waals surface area (Å²) in [6.07, 6.45) is 3.89. The fourth-order valence-electron chi connectivity index (χ4n) is 1.48. The number of rotatable bonds is 7. The van der Waals surface area contributed by atoms with Crippen LogP contribution >= 0.6 is 0 Å². The van der Waals surface area contributed by atoms with Crippen molar-refractivity contribution in [1.82, 2.24) is 4.90 Å². The molecule has 0 aliphatic heterocycles. The smallest absolute Gasteiger partial charge is 0.239 e. The Bertz CT molecular complexity index is 182. The van der Waals surface area contributed by atoms with E-state index >= 15 is 0 Å². The quantitative estimate of drug-likeness (QED) is 0.706. The molecule has 90 valence electrons. The Labute approximate surface area is 94.0 Å². The molecule has 2 N–H and O–H groups in total. The summed E-state index contributed by atoms with van der Waals surface area (Å²) in [5.41, 5.74) is 5.79. The predicted octanol–water partition coefficient (Wildman–Crippen LogP) is 2.15. The lowest BCUT2D eigenvalue weighted by molar-refractivity contribution is -0.134. The van der Waals surface area contributed by atoms with Gasteiger partial charge in [0.1, 0.15) is 0 Å². The van der Waals surface area contributed by atoms with Gasteiger partial charge in [-0.05, 0) is 26.2 Å². The van der Waals surface area contributed by atoms with E-state index in [1.165, 1.54) is 0 Å². The summed E-state index contributed by atoms with van der Waals surface area (Å²) in [4.78, 5) is 13.9. The minimum absolute atomic E-state index is 0.111. The molecule has 0 aliphatic carbocycles. The molecule has 2 atom stereocenters. The van der Waals surface area contributed by atoms with Crippen molar-refractivity contribution in [1.29, 1.82) is 0 Å². The van der Waals surface area contributed by atoms with Crippen molar-refractivity contribution in [3.63, 3.8) is 0 Å². The van der Waals surface area contributed by atoms with E-state index in [1.807, 2.05) is 11.8 Å². The van der Waals surface area contributed by atoms with E-state index in [0.29, 0.717) is 6.04 Å². The van der Waals surface area contributed by atoms with Gasteiger partial charge in [0.05, 0.1) is 6.04 Å². The summed E-state index contributed by atoms with van der Waals surface area (Å²) >= 11 is 0. The first-order valence-electron chi connectivity index (χ1n) is 6.14. The molecule has 0 aliphatic rings. The summed E-state index contributed by atoms with van der Waals surface area (Å²) in [7, 11) is 0. The van der Waals surface area contributed by atoms with E-state index in [1.54, 1.807) is 0 Å². The third-order valence-electron chi connectivity index (χ3n) is 2.92. The molecule has 0 bridgehead atoms. The molecule has 0 aromatic heterocycles. The lowest BCUT2D eigenvalue weighted by Gasteiger charge is -2.30. The van der Waals surface area contributed by atoms with Crippen LogP contribution in [0.15, 0.2) is 0 Å². The highest BCUT2D eigenvalue weighted by Crippen LogP contribution is 2.08. The third-order valence-corrected chi connectivity index (χ3v) is 2.92. The normalized spacial score (nSPS) is 14.7. The number of amides is 1. The molecule has 0 heterocycles. The molecule has 0 spiro atoms. The number of unbranched alkanes of at least 4 members (excludes halogenated alkanes) is 1. The van der Waals surface area contributed by atoms with Gasteiger partial charge in [-0.15, -0.1) is 0 Å². The lowest BCUT2D eigenvalue weighted by atomic mass is 10.1. The Balaban J connectivity index is 4.39. The van der Waals surface area contributed by atoms with E-state index in [4.69, 9.17) is 5.73 Å². The van der Waals surface area contributed by atoms with Crippen LogP contribution in [0.25, 0.3) is 0 Å². The van der Waals surface area contributed by atoms with Crippen molar-refractivity contribution in [2.24, 2.45) is 5.73 Å². The zero-order chi connectivity index (χ0) is 11.8. The van der Waals surface area contributed by atoms with Crippen LogP contribution in [0.4, 0.5) is 0 Å². The predicted molar refractivity (Wildman–Crippen MR) is 64.6 cm³/mol. The van der Waals surface area contributed by atoms with Crippen molar-refractivity contribution in [3.05, 3.63) is 0 Å². The summed E-state index contributed by atoms with van der Waals surface area (Å²) < 4.78 is 0. The van der Waals surface area contributed by atoms with Gasteiger partial charge < -0.3 is 10.6 Å². The molecule has 0 saturated carbocycles. The molecule has 0 aromatic rings. The van der Waals surface area contributed by atoms with E-state index in [-0.39, 0.29) is 11.9 Å². The summed E-state index contributed by atoms with van der Waals surface area (Å²) in [6, 6.07) is -0.0162. The third kappa shape index (κ3) is 4.65. The Morgan fingerprint density at radius 1 is 1.27 bits per heavy atom. The second kappa shape index (κ2) is 7.69. The lowest BCUT2D eigenvalue weighted by Crippen LogP contribution is -2.47. The number of nitrogens with two attached hydrogens (primary N) is 1. The van der Waals surface area contributed by atoms with Crippen LogP contribution in [0.5, 0.6) is 0 Å². The highest BCUT2D eigenvalue weighted by atomic mass is 16.2. The van der Waals surface area contributed by atoms with Crippen molar-refractivity contribution in [2.45, 2.75) is 65.5 Å². The monoisotopic (exact) mass is 214 g/mol. The van der Waals surface area contributed by atoms with Crippen molar-refractivity contribution in [3.8, 4) is 0 Å². The van der Waals surface area contributed by atoms with Crippen LogP contribution in [0.3, 0.4) is 0 Å². The van der Waals surface area contributed by atoms with Crippen molar-refractivity contribution in [2.75, 3.05) is 6.54 Å². The molecule has 15 heavy (non-hydrogen) atoms. The van der Waals surface area contributed by atoms with Crippen LogP contribution in [0.2, 0.25) is 0 Å². The zero-order valence-electron chi connectivity index (χ0n) is 10.6. The number of carbonyl (C=O) groups is 1. The molecule has 0 fully saturated rings. The summed E-state index contributed by atoms with van der Waals surface area (Å²) in [5.74, 6) is 0.111. The second-order valence-corrected chi connectivity index (χ2v) is 4.16. The molecule has 3 nitrogen and oxygen atoms in total. The average Bonchev–Trinajstić information content (AvgIpc) is 2.27. The fourth-order valence-corrected chi connectivity index (χ4v) is 1.48. The van der Waals surface area contributed by atoms with Crippen LogP contribution in [-0.2, 0) is 4.79 Å². The average molecular weight is 214 g/mol. The van der Waals surface area contributed by atoms with Crippen LogP contribution in [0, 0.1) is 0 Å². The Hall–Kier alpha value is -0.570. The highest BCUT2D eigenvalue weighted by Gasteiger charge is 2.22. The highest BCUT2D eigenvalue weighted by molar-refractivity contribution is 5.81. The first kappa shape index (κ1) is 14.4. The molecule has 0 rings (SSSR count). The number of hydrogen-bond acceptors (Lipinski definition) is 2. The Morgan fingerprint density at radius 3 is 2.27 bits per heavy atom. The van der Waals surface area contributed by atoms with Gasteiger partial charge in [0.15, 0.2) is 0 Å². The molecule has 2 unspecified atom stereocenters. The van der Waals surface area contributed by atoms with E-state index < -0.39 is 0 Å². The number of nitrogens with zero attached hydrogens (tertiary/aromatic N) is 1. The molecule has 0 saturated heterocycles. The Morgan fingerprint density at radius 2 is 1.87 bits per heavy atom. The van der Waals surface area contributed by atoms with Crippen molar-refractivity contribution >= 4 is 5.91 Å². The Kier molecular flexibility index (Phi) is 7.39. The van der Waals surface area contributed by atoms with Gasteiger partial charge >= 0.3 is 0 Å². The molecule has 3 heteroatoms. The maximum atomic E-state index is 12.0. The van der Waals surface area contributed by atoms with E-state index in [2.05, 4.69) is 20.8 Å². The first-order chi connectivity index (χ1) is 7.08. The van der Waals surface area contributed by atoms with Gasteiger partial charge in [-0.3, -0.25) is 4.79 Å². The van der Waals surface area contributed by atoms with Gasteiger partial charge in [0, 0.05) is 12.6 Å². The van der Waals surface area contributed by atoms with Crippen molar-refractivity contribution < 1.29 is 4.79 Å². The van der Waals surface area contributed by atoms with Gasteiger partial charge in [-0.25, -0.2) is 0 Å². The van der Waals surface area contributed by atoms with Crippen LogP contribution in [0.1, 0.15) is 53.4 Å².